The molecule has 0 unspecified atom stereocenters. The van der Waals surface area contributed by atoms with E-state index in [-0.39, 0.29) is 0 Å². The van der Waals surface area contributed by atoms with Crippen LogP contribution in [0.3, 0.4) is 0 Å². The predicted molar refractivity (Wildman–Crippen MR) is 74.3 cm³/mol. The number of rotatable bonds is 5. The van der Waals surface area contributed by atoms with Crippen molar-refractivity contribution in [3.8, 4) is 0 Å². The van der Waals surface area contributed by atoms with Gasteiger partial charge in [-0.3, -0.25) is 0 Å². The van der Waals surface area contributed by atoms with E-state index in [4.69, 9.17) is 0 Å². The smallest absolute Gasteiger partial charge is 0.356 e. The van der Waals surface area contributed by atoms with Crippen LogP contribution in [0.5, 0.6) is 0 Å². The summed E-state index contributed by atoms with van der Waals surface area (Å²) in [5, 5.41) is 6.60. The van der Waals surface area contributed by atoms with Gasteiger partial charge in [0.2, 0.25) is 0 Å². The van der Waals surface area contributed by atoms with E-state index in [1.165, 1.54) is 12.7 Å². The van der Waals surface area contributed by atoms with Crippen LogP contribution in [0.25, 0.3) is 0 Å². The summed E-state index contributed by atoms with van der Waals surface area (Å²) in [4.78, 5) is 15.3. The fraction of sp³-hybridized carbons (Fsp3) is 0.429. The lowest BCUT2D eigenvalue weighted by Crippen LogP contribution is -2.21. The summed E-state index contributed by atoms with van der Waals surface area (Å²) in [6, 6.07) is 3.56. The number of nitrogens with one attached hydrogen (secondary N) is 2. The van der Waals surface area contributed by atoms with Gasteiger partial charge in [0.05, 0.1) is 7.11 Å². The lowest BCUT2D eigenvalue weighted by atomic mass is 10.1. The van der Waals surface area contributed by atoms with E-state index >= 15 is 0 Å². The van der Waals surface area contributed by atoms with Gasteiger partial charge in [-0.2, -0.15) is 0 Å². The molecule has 1 aromatic heterocycles. The summed E-state index contributed by atoms with van der Waals surface area (Å²) in [5.74, 6) is -0.412. The fourth-order valence-electron chi connectivity index (χ4n) is 2.02. The molecule has 0 aliphatic carbocycles. The monoisotopic (exact) mass is 261 g/mol. The van der Waals surface area contributed by atoms with Crippen molar-refractivity contribution in [1.82, 2.24) is 10.3 Å². The highest BCUT2D eigenvalue weighted by Crippen LogP contribution is 2.12. The Morgan fingerprint density at radius 2 is 2.47 bits per heavy atom. The molecule has 0 amide bonds. The van der Waals surface area contributed by atoms with Crippen molar-refractivity contribution < 1.29 is 9.53 Å². The number of nitrogens with zero attached hydrogens (tertiary/aromatic N) is 1. The number of hydrogen-bond donors (Lipinski definition) is 2. The Balaban J connectivity index is 1.85. The Hall–Kier alpha value is -1.88. The van der Waals surface area contributed by atoms with Crippen molar-refractivity contribution in [2.75, 3.05) is 32.1 Å². The molecule has 0 aromatic carbocycles. The average Bonchev–Trinajstić information content (AvgIpc) is 2.48. The zero-order valence-electron chi connectivity index (χ0n) is 11.1. The van der Waals surface area contributed by atoms with Gasteiger partial charge in [-0.1, -0.05) is 11.6 Å². The summed E-state index contributed by atoms with van der Waals surface area (Å²) in [7, 11) is 1.35. The number of ether oxygens (including phenoxy) is 1. The van der Waals surface area contributed by atoms with Crippen LogP contribution in [0, 0.1) is 0 Å². The quantitative estimate of drug-likeness (QED) is 0.622. The fourth-order valence-corrected chi connectivity index (χ4v) is 2.02. The minimum Gasteiger partial charge on any atom is -0.464 e. The maximum atomic E-state index is 11.4. The van der Waals surface area contributed by atoms with Gasteiger partial charge in [-0.15, -0.1) is 0 Å². The van der Waals surface area contributed by atoms with Crippen molar-refractivity contribution in [2.24, 2.45) is 0 Å². The molecule has 2 N–H and O–H groups in total. The molecular formula is C14H19N3O2. The van der Waals surface area contributed by atoms with Crippen LogP contribution in [0.1, 0.15) is 23.3 Å². The Morgan fingerprint density at radius 1 is 1.58 bits per heavy atom. The first kappa shape index (κ1) is 13.5. The van der Waals surface area contributed by atoms with E-state index in [2.05, 4.69) is 26.4 Å². The van der Waals surface area contributed by atoms with Gasteiger partial charge >= 0.3 is 5.97 Å². The normalized spacial score (nSPS) is 14.7. The number of carbonyl (C=O) groups excluding carboxylic acids is 1. The zero-order chi connectivity index (χ0) is 13.5. The lowest BCUT2D eigenvalue weighted by molar-refractivity contribution is 0.0594. The molecule has 5 heteroatoms. The minimum atomic E-state index is -0.412. The van der Waals surface area contributed by atoms with Crippen LogP contribution in [-0.2, 0) is 4.74 Å². The second-order valence-corrected chi connectivity index (χ2v) is 4.41. The second kappa shape index (κ2) is 6.89. The van der Waals surface area contributed by atoms with Crippen molar-refractivity contribution >= 4 is 11.7 Å². The molecule has 5 nitrogen and oxygen atoms in total. The Morgan fingerprint density at radius 3 is 3.21 bits per heavy atom. The summed E-state index contributed by atoms with van der Waals surface area (Å²) in [5.41, 5.74) is 2.70. The number of methoxy groups -OCH3 is 1. The number of pyridine rings is 1. The molecule has 0 saturated heterocycles. The van der Waals surface area contributed by atoms with Gasteiger partial charge < -0.3 is 15.4 Å². The standard InChI is InChI=1S/C14H19N3O2/c1-19-14(18)13-10-12(5-9-17-13)16-8-4-11-2-6-15-7-3-11/h2,5,9-10,15H,3-4,6-8H2,1H3,(H,16,17). The number of aromatic nitrogens is 1. The largest absolute Gasteiger partial charge is 0.464 e. The van der Waals surface area contributed by atoms with Gasteiger partial charge in [0.15, 0.2) is 0 Å². The van der Waals surface area contributed by atoms with Gasteiger partial charge in [-0.05, 0) is 31.5 Å². The van der Waals surface area contributed by atoms with E-state index in [1.54, 1.807) is 12.3 Å². The first-order chi connectivity index (χ1) is 9.29. The second-order valence-electron chi connectivity index (χ2n) is 4.41. The SMILES string of the molecule is COC(=O)c1cc(NCCC2=CCNCC2)ccn1. The minimum absolute atomic E-state index is 0.327. The molecule has 1 aromatic rings. The first-order valence-electron chi connectivity index (χ1n) is 6.46. The van der Waals surface area contributed by atoms with Crippen LogP contribution in [0.2, 0.25) is 0 Å². The van der Waals surface area contributed by atoms with Crippen LogP contribution in [-0.4, -0.2) is 37.7 Å². The number of hydrogen-bond acceptors (Lipinski definition) is 5. The topological polar surface area (TPSA) is 63.2 Å². The zero-order valence-corrected chi connectivity index (χ0v) is 11.1. The van der Waals surface area contributed by atoms with Gasteiger partial charge in [0, 0.05) is 25.0 Å². The molecule has 1 aliphatic rings. The maximum absolute atomic E-state index is 11.4. The molecule has 19 heavy (non-hydrogen) atoms. The van der Waals surface area contributed by atoms with E-state index in [1.807, 2.05) is 6.07 Å². The highest BCUT2D eigenvalue weighted by atomic mass is 16.5. The van der Waals surface area contributed by atoms with Crippen molar-refractivity contribution in [2.45, 2.75) is 12.8 Å². The van der Waals surface area contributed by atoms with Gasteiger partial charge in [0.25, 0.3) is 0 Å². The van der Waals surface area contributed by atoms with Crippen molar-refractivity contribution in [3.05, 3.63) is 35.7 Å². The molecular weight excluding hydrogens is 242 g/mol. The summed E-state index contributed by atoms with van der Waals surface area (Å²) in [6.07, 6.45) is 6.00. The molecule has 0 atom stereocenters. The Bertz CT molecular complexity index is 472. The van der Waals surface area contributed by atoms with Gasteiger partial charge in [-0.25, -0.2) is 9.78 Å². The third kappa shape index (κ3) is 4.06. The molecule has 0 fully saturated rings. The third-order valence-electron chi connectivity index (χ3n) is 3.09. The Kier molecular flexibility index (Phi) is 4.92. The molecule has 1 aliphatic heterocycles. The summed E-state index contributed by atoms with van der Waals surface area (Å²) >= 11 is 0. The molecule has 0 radical (unpaired) electrons. The van der Waals surface area contributed by atoms with Crippen LogP contribution in [0.4, 0.5) is 5.69 Å². The van der Waals surface area contributed by atoms with E-state index < -0.39 is 5.97 Å². The predicted octanol–water partition coefficient (Wildman–Crippen LogP) is 1.59. The number of esters is 1. The van der Waals surface area contributed by atoms with E-state index in [9.17, 15) is 4.79 Å². The number of anilines is 1. The molecule has 0 spiro atoms. The lowest BCUT2D eigenvalue weighted by Gasteiger charge is -2.14. The molecule has 102 valence electrons. The number of carbonyl (C=O) groups is 1. The molecule has 0 bridgehead atoms. The molecule has 0 saturated carbocycles. The van der Waals surface area contributed by atoms with Crippen molar-refractivity contribution in [3.63, 3.8) is 0 Å². The highest BCUT2D eigenvalue weighted by molar-refractivity contribution is 5.88. The highest BCUT2D eigenvalue weighted by Gasteiger charge is 2.07. The average molecular weight is 261 g/mol. The van der Waals surface area contributed by atoms with Gasteiger partial charge in [0.1, 0.15) is 5.69 Å². The maximum Gasteiger partial charge on any atom is 0.356 e. The van der Waals surface area contributed by atoms with E-state index in [0.29, 0.717) is 5.69 Å². The van der Waals surface area contributed by atoms with Crippen molar-refractivity contribution in [1.29, 1.82) is 0 Å². The van der Waals surface area contributed by atoms with Crippen LogP contribution < -0.4 is 10.6 Å². The summed E-state index contributed by atoms with van der Waals surface area (Å²) in [6.45, 7) is 2.89. The van der Waals surface area contributed by atoms with E-state index in [0.717, 1.165) is 38.2 Å². The first-order valence-corrected chi connectivity index (χ1v) is 6.46. The molecule has 2 heterocycles. The molecule has 2 rings (SSSR count). The van der Waals surface area contributed by atoms with Crippen LogP contribution >= 0.6 is 0 Å². The summed E-state index contributed by atoms with van der Waals surface area (Å²) < 4.78 is 4.65. The Labute approximate surface area is 113 Å². The third-order valence-corrected chi connectivity index (χ3v) is 3.09. The van der Waals surface area contributed by atoms with Crippen LogP contribution in [0.15, 0.2) is 30.0 Å².